The molecule has 1 N–H and O–H groups in total. The van der Waals surface area contributed by atoms with Gasteiger partial charge >= 0.3 is 12.3 Å². The van der Waals surface area contributed by atoms with Gasteiger partial charge in [-0.15, -0.1) is 0 Å². The first-order chi connectivity index (χ1) is 10.9. The van der Waals surface area contributed by atoms with Crippen LogP contribution in [0.25, 0.3) is 0 Å². The van der Waals surface area contributed by atoms with Crippen molar-refractivity contribution in [2.45, 2.75) is 58.2 Å². The van der Waals surface area contributed by atoms with Crippen molar-refractivity contribution in [2.75, 3.05) is 26.2 Å². The maximum Gasteiger partial charge on any atom is 0.410 e. The first-order valence-electron chi connectivity index (χ1n) is 8.69. The molecule has 0 atom stereocenters. The number of amides is 1. The monoisotopic (exact) mass is 348 g/mol. The third-order valence-corrected chi connectivity index (χ3v) is 5.50. The SMILES string of the molecule is CC(C)(C)OC(=O)N1CC2(CC(CNCC3(C(F)(F)F)CC3)C2)C1. The Balaban J connectivity index is 1.32. The molecule has 7 heteroatoms. The summed E-state index contributed by atoms with van der Waals surface area (Å²) in [5.74, 6) is 0.426. The third kappa shape index (κ3) is 3.51. The van der Waals surface area contributed by atoms with E-state index >= 15 is 0 Å². The van der Waals surface area contributed by atoms with Crippen molar-refractivity contribution in [3.8, 4) is 0 Å². The van der Waals surface area contributed by atoms with Crippen LogP contribution in [0.1, 0.15) is 46.5 Å². The normalized spacial score (nSPS) is 25.2. The van der Waals surface area contributed by atoms with E-state index in [1.807, 2.05) is 20.8 Å². The summed E-state index contributed by atoms with van der Waals surface area (Å²) in [5, 5.41) is 3.02. The lowest BCUT2D eigenvalue weighted by Gasteiger charge is -2.58. The average molecular weight is 348 g/mol. The van der Waals surface area contributed by atoms with E-state index in [1.165, 1.54) is 0 Å². The van der Waals surface area contributed by atoms with Gasteiger partial charge in [-0.25, -0.2) is 4.79 Å². The number of carbonyl (C=O) groups is 1. The highest BCUT2D eigenvalue weighted by atomic mass is 19.4. The van der Waals surface area contributed by atoms with Crippen LogP contribution in [0.4, 0.5) is 18.0 Å². The Hall–Kier alpha value is -0.980. The zero-order valence-corrected chi connectivity index (χ0v) is 14.6. The van der Waals surface area contributed by atoms with Crippen LogP contribution in [-0.4, -0.2) is 48.9 Å². The minimum absolute atomic E-state index is 0.0457. The van der Waals surface area contributed by atoms with E-state index in [0.29, 0.717) is 25.6 Å². The van der Waals surface area contributed by atoms with Crippen LogP contribution >= 0.6 is 0 Å². The fourth-order valence-corrected chi connectivity index (χ4v) is 4.01. The number of hydrogen-bond donors (Lipinski definition) is 1. The van der Waals surface area contributed by atoms with Crippen LogP contribution < -0.4 is 5.32 Å². The molecule has 0 radical (unpaired) electrons. The smallest absolute Gasteiger partial charge is 0.410 e. The summed E-state index contributed by atoms with van der Waals surface area (Å²) in [6.07, 6.45) is -1.87. The summed E-state index contributed by atoms with van der Waals surface area (Å²) in [5.41, 5.74) is -1.76. The number of alkyl halides is 3. The second-order valence-corrected chi connectivity index (χ2v) is 9.02. The molecule has 24 heavy (non-hydrogen) atoms. The lowest BCUT2D eigenvalue weighted by atomic mass is 9.58. The molecular formula is C17H27F3N2O2. The van der Waals surface area contributed by atoms with Crippen LogP contribution in [0.3, 0.4) is 0 Å². The van der Waals surface area contributed by atoms with Gasteiger partial charge in [-0.3, -0.25) is 0 Å². The largest absolute Gasteiger partial charge is 0.444 e. The first kappa shape index (κ1) is 17.8. The van der Waals surface area contributed by atoms with Crippen molar-refractivity contribution in [1.82, 2.24) is 10.2 Å². The van der Waals surface area contributed by atoms with Crippen molar-refractivity contribution >= 4 is 6.09 Å². The molecule has 138 valence electrons. The zero-order chi connectivity index (χ0) is 17.8. The molecule has 3 fully saturated rings. The molecule has 2 aliphatic carbocycles. The van der Waals surface area contributed by atoms with E-state index in [2.05, 4.69) is 5.32 Å². The number of nitrogens with zero attached hydrogens (tertiary/aromatic N) is 1. The highest BCUT2D eigenvalue weighted by Crippen LogP contribution is 2.57. The molecule has 0 aromatic rings. The molecule has 0 bridgehead atoms. The predicted octanol–water partition coefficient (Wildman–Crippen LogP) is 3.57. The summed E-state index contributed by atoms with van der Waals surface area (Å²) in [6, 6.07) is 0. The van der Waals surface area contributed by atoms with Gasteiger partial charge in [0.15, 0.2) is 0 Å². The van der Waals surface area contributed by atoms with Crippen LogP contribution in [0.2, 0.25) is 0 Å². The summed E-state index contributed by atoms with van der Waals surface area (Å²) < 4.78 is 43.9. The minimum atomic E-state index is -4.08. The number of halogens is 3. The molecule has 0 aromatic heterocycles. The molecule has 3 rings (SSSR count). The van der Waals surface area contributed by atoms with E-state index in [0.717, 1.165) is 12.8 Å². The Kier molecular flexibility index (Phi) is 4.09. The Morgan fingerprint density at radius 3 is 2.25 bits per heavy atom. The Bertz CT molecular complexity index is 495. The van der Waals surface area contributed by atoms with Crippen LogP contribution in [0, 0.1) is 16.7 Å². The van der Waals surface area contributed by atoms with Gasteiger partial charge in [-0.1, -0.05) is 0 Å². The second-order valence-electron chi connectivity index (χ2n) is 9.02. The first-order valence-corrected chi connectivity index (χ1v) is 8.69. The van der Waals surface area contributed by atoms with Crippen LogP contribution in [-0.2, 0) is 4.74 Å². The molecule has 2 saturated carbocycles. The molecule has 3 aliphatic rings. The van der Waals surface area contributed by atoms with E-state index < -0.39 is 17.2 Å². The summed E-state index contributed by atoms with van der Waals surface area (Å²) in [4.78, 5) is 13.6. The van der Waals surface area contributed by atoms with E-state index in [-0.39, 0.29) is 30.9 Å². The fourth-order valence-electron chi connectivity index (χ4n) is 4.01. The summed E-state index contributed by atoms with van der Waals surface area (Å²) >= 11 is 0. The van der Waals surface area contributed by atoms with Gasteiger partial charge in [-0.05, 0) is 58.9 Å². The van der Waals surface area contributed by atoms with Gasteiger partial charge in [0.1, 0.15) is 5.60 Å². The fraction of sp³-hybridized carbons (Fsp3) is 0.941. The molecular weight excluding hydrogens is 321 g/mol. The van der Waals surface area contributed by atoms with Crippen LogP contribution in [0.5, 0.6) is 0 Å². The Morgan fingerprint density at radius 1 is 1.21 bits per heavy atom. The van der Waals surface area contributed by atoms with E-state index in [4.69, 9.17) is 4.74 Å². The molecule has 0 aromatic carbocycles. The maximum absolute atomic E-state index is 12.8. The summed E-state index contributed by atoms with van der Waals surface area (Å²) in [7, 11) is 0. The van der Waals surface area contributed by atoms with Crippen molar-refractivity contribution in [3.05, 3.63) is 0 Å². The predicted molar refractivity (Wildman–Crippen MR) is 83.6 cm³/mol. The standard InChI is InChI=1S/C17H27F3N2O2/c1-14(2,3)24-13(23)22-10-15(11-22)6-12(7-15)8-21-9-16(4-5-16)17(18,19)20/h12,21H,4-11H2,1-3H3. The number of carbonyl (C=O) groups excluding carboxylic acids is 1. The van der Waals surface area contributed by atoms with Crippen molar-refractivity contribution in [1.29, 1.82) is 0 Å². The average Bonchev–Trinajstić information content (AvgIpc) is 3.07. The molecule has 1 saturated heterocycles. The van der Waals surface area contributed by atoms with Crippen LogP contribution in [0.15, 0.2) is 0 Å². The van der Waals surface area contributed by atoms with Gasteiger partial charge in [-0.2, -0.15) is 13.2 Å². The van der Waals surface area contributed by atoms with Gasteiger partial charge in [0, 0.05) is 25.0 Å². The highest BCUT2D eigenvalue weighted by molar-refractivity contribution is 5.69. The lowest BCUT2D eigenvalue weighted by molar-refractivity contribution is -0.185. The quantitative estimate of drug-likeness (QED) is 0.845. The van der Waals surface area contributed by atoms with Gasteiger partial charge in [0.05, 0.1) is 5.41 Å². The maximum atomic E-state index is 12.8. The second kappa shape index (κ2) is 5.51. The number of rotatable bonds is 4. The number of likely N-dealkylation sites (tertiary alicyclic amines) is 1. The lowest BCUT2D eigenvalue weighted by Crippen LogP contribution is -2.65. The van der Waals surface area contributed by atoms with Gasteiger partial charge in [0.25, 0.3) is 0 Å². The molecule has 1 aliphatic heterocycles. The number of nitrogens with one attached hydrogen (secondary N) is 1. The molecule has 0 unspecified atom stereocenters. The van der Waals surface area contributed by atoms with Gasteiger partial charge < -0.3 is 15.0 Å². The molecule has 1 spiro atoms. The third-order valence-electron chi connectivity index (χ3n) is 5.50. The summed E-state index contributed by atoms with van der Waals surface area (Å²) in [6.45, 7) is 7.66. The number of hydrogen-bond acceptors (Lipinski definition) is 3. The van der Waals surface area contributed by atoms with Crippen molar-refractivity contribution in [3.63, 3.8) is 0 Å². The van der Waals surface area contributed by atoms with Crippen molar-refractivity contribution in [2.24, 2.45) is 16.7 Å². The van der Waals surface area contributed by atoms with Crippen molar-refractivity contribution < 1.29 is 22.7 Å². The number of ether oxygens (including phenoxy) is 1. The minimum Gasteiger partial charge on any atom is -0.444 e. The Morgan fingerprint density at radius 2 is 1.79 bits per heavy atom. The topological polar surface area (TPSA) is 41.6 Å². The van der Waals surface area contributed by atoms with E-state index in [1.54, 1.807) is 4.90 Å². The molecule has 1 heterocycles. The highest BCUT2D eigenvalue weighted by Gasteiger charge is 2.62. The zero-order valence-electron chi connectivity index (χ0n) is 14.6. The Labute approximate surface area is 141 Å². The molecule has 1 amide bonds. The molecule has 4 nitrogen and oxygen atoms in total. The van der Waals surface area contributed by atoms with E-state index in [9.17, 15) is 18.0 Å². The van der Waals surface area contributed by atoms with Gasteiger partial charge in [0.2, 0.25) is 0 Å².